The monoisotopic (exact) mass is 381 g/mol. The van der Waals surface area contributed by atoms with Gasteiger partial charge in [-0.25, -0.2) is 4.68 Å². The summed E-state index contributed by atoms with van der Waals surface area (Å²) in [6.45, 7) is 12.1. The maximum absolute atomic E-state index is 12.9. The number of carbonyl (C=O) groups is 1. The Morgan fingerprint density at radius 2 is 1.68 bits per heavy atom. The molecule has 1 aromatic carbocycles. The minimum absolute atomic E-state index is 0.0563. The topological polar surface area (TPSA) is 46.9 Å². The molecule has 1 amide bonds. The number of hydrogen-bond donors (Lipinski definition) is 1. The number of halogens is 2. The molecule has 2 aromatic rings. The van der Waals surface area contributed by atoms with Crippen molar-refractivity contribution in [2.45, 2.75) is 59.4 Å². The molecule has 0 bridgehead atoms. The number of rotatable bonds is 5. The zero-order valence-corrected chi connectivity index (χ0v) is 17.0. The van der Waals surface area contributed by atoms with Crippen LogP contribution in [0.2, 0.25) is 10.0 Å². The summed E-state index contributed by atoms with van der Waals surface area (Å²) in [6.07, 6.45) is 0. The van der Waals surface area contributed by atoms with Gasteiger partial charge in [-0.2, -0.15) is 5.10 Å². The highest BCUT2D eigenvalue weighted by atomic mass is 35.5. The minimum Gasteiger partial charge on any atom is -0.350 e. The Balaban J connectivity index is 2.72. The van der Waals surface area contributed by atoms with E-state index in [2.05, 4.69) is 19.2 Å². The van der Waals surface area contributed by atoms with Crippen LogP contribution in [0.25, 0.3) is 5.69 Å². The fourth-order valence-electron chi connectivity index (χ4n) is 2.77. The van der Waals surface area contributed by atoms with Crippen LogP contribution >= 0.6 is 23.2 Å². The molecular weight excluding hydrogens is 357 g/mol. The Bertz CT molecular complexity index is 779. The van der Waals surface area contributed by atoms with Crippen LogP contribution in [-0.2, 0) is 0 Å². The second-order valence-electron chi connectivity index (χ2n) is 7.09. The highest BCUT2D eigenvalue weighted by Gasteiger charge is 2.28. The molecule has 0 atom stereocenters. The fourth-order valence-corrected chi connectivity index (χ4v) is 3.06. The van der Waals surface area contributed by atoms with Gasteiger partial charge < -0.3 is 5.32 Å². The first-order valence-corrected chi connectivity index (χ1v) is 9.28. The van der Waals surface area contributed by atoms with Gasteiger partial charge >= 0.3 is 0 Å². The Morgan fingerprint density at radius 3 is 2.16 bits per heavy atom. The van der Waals surface area contributed by atoms with Crippen molar-refractivity contribution in [1.29, 1.82) is 0 Å². The minimum atomic E-state index is -0.0892. The molecule has 2 rings (SSSR count). The highest BCUT2D eigenvalue weighted by Crippen LogP contribution is 2.32. The van der Waals surface area contributed by atoms with E-state index in [4.69, 9.17) is 28.3 Å². The van der Waals surface area contributed by atoms with Crippen LogP contribution in [0.5, 0.6) is 0 Å². The number of nitrogens with one attached hydrogen (secondary N) is 1. The van der Waals surface area contributed by atoms with Crippen molar-refractivity contribution in [1.82, 2.24) is 15.1 Å². The Morgan fingerprint density at radius 1 is 1.04 bits per heavy atom. The van der Waals surface area contributed by atoms with Crippen molar-refractivity contribution in [2.75, 3.05) is 0 Å². The summed E-state index contributed by atoms with van der Waals surface area (Å²) in [5.74, 6) is 0.144. The van der Waals surface area contributed by atoms with E-state index >= 15 is 0 Å². The molecule has 0 saturated heterocycles. The van der Waals surface area contributed by atoms with Gasteiger partial charge in [-0.1, -0.05) is 50.9 Å². The molecule has 0 aliphatic rings. The summed E-state index contributed by atoms with van der Waals surface area (Å²) < 4.78 is 1.82. The smallest absolute Gasteiger partial charge is 0.255 e. The van der Waals surface area contributed by atoms with Crippen molar-refractivity contribution < 1.29 is 4.79 Å². The lowest BCUT2D eigenvalue weighted by Gasteiger charge is -2.15. The third-order valence-corrected chi connectivity index (χ3v) is 4.58. The van der Waals surface area contributed by atoms with Crippen LogP contribution < -0.4 is 5.32 Å². The standard InChI is InChI=1S/C19H25Cl2N3O/c1-10(2)17-16(19(25)22-12(5)6)18(11(3)4)24(23-17)13-7-8-14(20)15(21)9-13/h7-12H,1-6H3,(H,22,25). The van der Waals surface area contributed by atoms with Crippen LogP contribution in [0.4, 0.5) is 0 Å². The van der Waals surface area contributed by atoms with Crippen LogP contribution in [0.3, 0.4) is 0 Å². The Hall–Kier alpha value is -1.52. The van der Waals surface area contributed by atoms with E-state index in [9.17, 15) is 4.79 Å². The Kier molecular flexibility index (Phi) is 6.17. The summed E-state index contributed by atoms with van der Waals surface area (Å²) >= 11 is 12.2. The van der Waals surface area contributed by atoms with Gasteiger partial charge in [-0.15, -0.1) is 0 Å². The van der Waals surface area contributed by atoms with Gasteiger partial charge in [0.1, 0.15) is 0 Å². The first-order valence-electron chi connectivity index (χ1n) is 8.52. The molecule has 4 nitrogen and oxygen atoms in total. The van der Waals surface area contributed by atoms with E-state index in [1.807, 2.05) is 38.4 Å². The van der Waals surface area contributed by atoms with Crippen LogP contribution in [-0.4, -0.2) is 21.7 Å². The molecule has 6 heteroatoms. The molecule has 1 aromatic heterocycles. The molecule has 0 saturated carbocycles. The normalized spacial score (nSPS) is 11.6. The van der Waals surface area contributed by atoms with Crippen LogP contribution in [0.15, 0.2) is 18.2 Å². The number of nitrogens with zero attached hydrogens (tertiary/aromatic N) is 2. The van der Waals surface area contributed by atoms with E-state index in [-0.39, 0.29) is 23.8 Å². The van der Waals surface area contributed by atoms with E-state index in [0.29, 0.717) is 15.6 Å². The molecule has 1 N–H and O–H groups in total. The third kappa shape index (κ3) is 4.18. The molecule has 0 aliphatic heterocycles. The summed E-state index contributed by atoms with van der Waals surface area (Å²) in [7, 11) is 0. The van der Waals surface area contributed by atoms with Crippen molar-refractivity contribution >= 4 is 29.1 Å². The third-order valence-electron chi connectivity index (χ3n) is 3.84. The van der Waals surface area contributed by atoms with Crippen LogP contribution in [0.1, 0.15) is 75.1 Å². The SMILES string of the molecule is CC(C)NC(=O)c1c(C(C)C)nn(-c2ccc(Cl)c(Cl)c2)c1C(C)C. The summed E-state index contributed by atoms with van der Waals surface area (Å²) in [5.41, 5.74) is 3.11. The zero-order valence-electron chi connectivity index (χ0n) is 15.5. The molecule has 0 aliphatic carbocycles. The number of hydrogen-bond acceptors (Lipinski definition) is 2. The first kappa shape index (κ1) is 19.8. The van der Waals surface area contributed by atoms with E-state index in [0.717, 1.165) is 17.1 Å². The first-order chi connectivity index (χ1) is 11.6. The Labute approximate surface area is 159 Å². The van der Waals surface area contributed by atoms with Gasteiger partial charge in [0, 0.05) is 6.04 Å². The second kappa shape index (κ2) is 7.79. The molecule has 0 radical (unpaired) electrons. The lowest BCUT2D eigenvalue weighted by Crippen LogP contribution is -2.31. The molecule has 25 heavy (non-hydrogen) atoms. The van der Waals surface area contributed by atoms with Crippen molar-refractivity contribution in [3.05, 3.63) is 45.2 Å². The summed E-state index contributed by atoms with van der Waals surface area (Å²) in [5, 5.41) is 8.70. The van der Waals surface area contributed by atoms with Crippen molar-refractivity contribution in [2.24, 2.45) is 0 Å². The summed E-state index contributed by atoms with van der Waals surface area (Å²) in [6, 6.07) is 5.44. The lowest BCUT2D eigenvalue weighted by molar-refractivity contribution is 0.0940. The van der Waals surface area contributed by atoms with Gasteiger partial charge in [0.05, 0.1) is 32.7 Å². The average molecular weight is 382 g/mol. The molecular formula is C19H25Cl2N3O. The lowest BCUT2D eigenvalue weighted by atomic mass is 9.98. The second-order valence-corrected chi connectivity index (χ2v) is 7.91. The maximum Gasteiger partial charge on any atom is 0.255 e. The van der Waals surface area contributed by atoms with E-state index in [1.54, 1.807) is 12.1 Å². The molecule has 0 fully saturated rings. The average Bonchev–Trinajstić information content (AvgIpc) is 2.90. The van der Waals surface area contributed by atoms with Gasteiger partial charge in [0.25, 0.3) is 5.91 Å². The number of carbonyl (C=O) groups excluding carboxylic acids is 1. The van der Waals surface area contributed by atoms with E-state index in [1.165, 1.54) is 0 Å². The van der Waals surface area contributed by atoms with Gasteiger partial charge in [0.15, 0.2) is 0 Å². The fraction of sp³-hybridized carbons (Fsp3) is 0.474. The molecule has 1 heterocycles. The quantitative estimate of drug-likeness (QED) is 0.736. The highest BCUT2D eigenvalue weighted by molar-refractivity contribution is 6.42. The predicted octanol–water partition coefficient (Wildman–Crippen LogP) is 5.56. The van der Waals surface area contributed by atoms with Crippen molar-refractivity contribution in [3.8, 4) is 5.69 Å². The maximum atomic E-state index is 12.9. The number of benzene rings is 1. The van der Waals surface area contributed by atoms with Gasteiger partial charge in [0.2, 0.25) is 0 Å². The number of aromatic nitrogens is 2. The molecule has 0 spiro atoms. The van der Waals surface area contributed by atoms with Gasteiger partial charge in [-0.3, -0.25) is 4.79 Å². The van der Waals surface area contributed by atoms with Crippen LogP contribution in [0, 0.1) is 0 Å². The molecule has 136 valence electrons. The zero-order chi connectivity index (χ0) is 18.9. The molecule has 0 unspecified atom stereocenters. The largest absolute Gasteiger partial charge is 0.350 e. The summed E-state index contributed by atoms with van der Waals surface area (Å²) in [4.78, 5) is 12.9. The van der Waals surface area contributed by atoms with Gasteiger partial charge in [-0.05, 0) is 43.9 Å². The number of amides is 1. The van der Waals surface area contributed by atoms with E-state index < -0.39 is 0 Å². The predicted molar refractivity (Wildman–Crippen MR) is 104 cm³/mol. The van der Waals surface area contributed by atoms with Crippen molar-refractivity contribution in [3.63, 3.8) is 0 Å².